The molecule has 1 aromatic heterocycles. The fourth-order valence-corrected chi connectivity index (χ4v) is 1.99. The Bertz CT molecular complexity index is 262. The number of nitrogens with one attached hydrogen (secondary N) is 1. The maximum Gasteiger partial charge on any atom is 0.0809 e. The Morgan fingerprint density at radius 2 is 2.18 bits per heavy atom. The van der Waals surface area contributed by atoms with Gasteiger partial charge in [-0.15, -0.1) is 11.3 Å². The van der Waals surface area contributed by atoms with Crippen molar-refractivity contribution in [2.24, 2.45) is 0 Å². The molecule has 0 fully saturated rings. The minimum atomic E-state index is 0.337. The first-order chi connectivity index (χ1) is 8.29. The summed E-state index contributed by atoms with van der Waals surface area (Å²) >= 11 is 1.74. The van der Waals surface area contributed by atoms with Gasteiger partial charge in [0.25, 0.3) is 0 Å². The molecule has 98 valence electrons. The van der Waals surface area contributed by atoms with Crippen molar-refractivity contribution in [1.82, 2.24) is 5.32 Å². The maximum absolute atomic E-state index is 5.54. The zero-order valence-corrected chi connectivity index (χ0v) is 11.6. The van der Waals surface area contributed by atoms with Gasteiger partial charge >= 0.3 is 0 Å². The molecular weight excluding hydrogens is 234 g/mol. The van der Waals surface area contributed by atoms with Crippen LogP contribution in [-0.2, 0) is 16.1 Å². The van der Waals surface area contributed by atoms with Gasteiger partial charge in [-0.25, -0.2) is 0 Å². The van der Waals surface area contributed by atoms with Crippen molar-refractivity contribution < 1.29 is 9.47 Å². The normalized spacial score (nSPS) is 11.2. The van der Waals surface area contributed by atoms with Crippen LogP contribution in [0.5, 0.6) is 0 Å². The molecule has 1 heterocycles. The van der Waals surface area contributed by atoms with E-state index in [0.29, 0.717) is 6.10 Å². The lowest BCUT2D eigenvalue weighted by Crippen LogP contribution is -2.22. The van der Waals surface area contributed by atoms with Gasteiger partial charge in [-0.2, -0.15) is 0 Å². The van der Waals surface area contributed by atoms with Gasteiger partial charge in [0.2, 0.25) is 0 Å². The number of hydrogen-bond donors (Lipinski definition) is 1. The molecule has 0 aliphatic heterocycles. The van der Waals surface area contributed by atoms with Crippen molar-refractivity contribution in [1.29, 1.82) is 0 Å². The molecule has 0 aliphatic carbocycles. The van der Waals surface area contributed by atoms with Crippen molar-refractivity contribution in [2.45, 2.75) is 33.0 Å². The van der Waals surface area contributed by atoms with Gasteiger partial charge in [-0.3, -0.25) is 0 Å². The van der Waals surface area contributed by atoms with Gasteiger partial charge < -0.3 is 14.8 Å². The van der Waals surface area contributed by atoms with Crippen LogP contribution in [0, 0.1) is 0 Å². The van der Waals surface area contributed by atoms with Gasteiger partial charge in [0.05, 0.1) is 19.3 Å². The van der Waals surface area contributed by atoms with E-state index >= 15 is 0 Å². The van der Waals surface area contributed by atoms with Gasteiger partial charge in [-0.1, -0.05) is 6.07 Å². The number of thiophene rings is 1. The Morgan fingerprint density at radius 3 is 2.88 bits per heavy atom. The van der Waals surface area contributed by atoms with Crippen molar-refractivity contribution in [3.8, 4) is 0 Å². The highest BCUT2D eigenvalue weighted by Gasteiger charge is 1.95. The topological polar surface area (TPSA) is 30.5 Å². The van der Waals surface area contributed by atoms with Gasteiger partial charge in [-0.05, 0) is 38.3 Å². The summed E-state index contributed by atoms with van der Waals surface area (Å²) in [7, 11) is 0. The summed E-state index contributed by atoms with van der Waals surface area (Å²) in [5.41, 5.74) is 0. The highest BCUT2D eigenvalue weighted by Crippen LogP contribution is 2.08. The minimum Gasteiger partial charge on any atom is -0.379 e. The van der Waals surface area contributed by atoms with E-state index in [1.165, 1.54) is 4.88 Å². The molecule has 0 amide bonds. The summed E-state index contributed by atoms with van der Waals surface area (Å²) in [5, 5.41) is 5.41. The predicted molar refractivity (Wildman–Crippen MR) is 72.5 cm³/mol. The SMILES string of the molecule is CC(C)OCCCNCCOCc1cccs1. The van der Waals surface area contributed by atoms with Crippen molar-refractivity contribution in [3.05, 3.63) is 22.4 Å². The van der Waals surface area contributed by atoms with E-state index in [0.717, 1.165) is 39.3 Å². The Labute approximate surface area is 108 Å². The van der Waals surface area contributed by atoms with Crippen molar-refractivity contribution in [2.75, 3.05) is 26.3 Å². The average molecular weight is 257 g/mol. The standard InChI is InChI=1S/C13H23NO2S/c1-12(2)16-8-4-6-14-7-9-15-11-13-5-3-10-17-13/h3,5,10,12,14H,4,6-9,11H2,1-2H3. The average Bonchev–Trinajstić information content (AvgIpc) is 2.79. The zero-order chi connectivity index (χ0) is 12.3. The van der Waals surface area contributed by atoms with Crippen LogP contribution >= 0.6 is 11.3 Å². The molecule has 0 unspecified atom stereocenters. The second kappa shape index (κ2) is 9.59. The summed E-state index contributed by atoms with van der Waals surface area (Å²) in [5.74, 6) is 0. The molecule has 4 heteroatoms. The zero-order valence-electron chi connectivity index (χ0n) is 10.8. The van der Waals surface area contributed by atoms with Crippen LogP contribution in [0.15, 0.2) is 17.5 Å². The van der Waals surface area contributed by atoms with Crippen LogP contribution in [0.2, 0.25) is 0 Å². The fourth-order valence-electron chi connectivity index (χ4n) is 1.35. The van der Waals surface area contributed by atoms with E-state index in [-0.39, 0.29) is 0 Å². The molecule has 0 saturated carbocycles. The predicted octanol–water partition coefficient (Wildman–Crippen LogP) is 2.67. The number of rotatable bonds is 10. The number of ether oxygens (including phenoxy) is 2. The molecular formula is C13H23NO2S. The summed E-state index contributed by atoms with van der Waals surface area (Å²) in [4.78, 5) is 1.29. The lowest BCUT2D eigenvalue weighted by atomic mass is 10.4. The Kier molecular flexibility index (Phi) is 8.26. The van der Waals surface area contributed by atoms with Crippen molar-refractivity contribution >= 4 is 11.3 Å². The van der Waals surface area contributed by atoms with E-state index in [1.807, 2.05) is 0 Å². The van der Waals surface area contributed by atoms with Gasteiger partial charge in [0, 0.05) is 18.0 Å². The van der Waals surface area contributed by atoms with Gasteiger partial charge in [0.1, 0.15) is 0 Å². The highest BCUT2D eigenvalue weighted by atomic mass is 32.1. The van der Waals surface area contributed by atoms with Crippen molar-refractivity contribution in [3.63, 3.8) is 0 Å². The second-order valence-corrected chi connectivity index (χ2v) is 5.19. The Hall–Kier alpha value is -0.420. The molecule has 1 rings (SSSR count). The lowest BCUT2D eigenvalue weighted by Gasteiger charge is -2.08. The summed E-state index contributed by atoms with van der Waals surface area (Å²) < 4.78 is 11.0. The molecule has 0 aliphatic rings. The fraction of sp³-hybridized carbons (Fsp3) is 0.692. The smallest absolute Gasteiger partial charge is 0.0809 e. The van der Waals surface area contributed by atoms with Crippen LogP contribution in [0.4, 0.5) is 0 Å². The molecule has 1 N–H and O–H groups in total. The first kappa shape index (κ1) is 14.6. The highest BCUT2D eigenvalue weighted by molar-refractivity contribution is 7.09. The van der Waals surface area contributed by atoms with E-state index in [1.54, 1.807) is 11.3 Å². The first-order valence-electron chi connectivity index (χ1n) is 6.21. The quantitative estimate of drug-likeness (QED) is 0.654. The monoisotopic (exact) mass is 257 g/mol. The third kappa shape index (κ3) is 8.32. The van der Waals surface area contributed by atoms with E-state index in [2.05, 4.69) is 36.7 Å². The molecule has 0 saturated heterocycles. The summed E-state index contributed by atoms with van der Waals surface area (Å²) in [6.45, 7) is 8.36. The molecule has 3 nitrogen and oxygen atoms in total. The van der Waals surface area contributed by atoms with Crippen LogP contribution in [-0.4, -0.2) is 32.4 Å². The maximum atomic E-state index is 5.54. The van der Waals surface area contributed by atoms with Gasteiger partial charge in [0.15, 0.2) is 0 Å². The number of hydrogen-bond acceptors (Lipinski definition) is 4. The molecule has 0 atom stereocenters. The molecule has 0 radical (unpaired) electrons. The molecule has 1 aromatic rings. The van der Waals surface area contributed by atoms with E-state index in [9.17, 15) is 0 Å². The summed E-state index contributed by atoms with van der Waals surface area (Å²) in [6.07, 6.45) is 1.40. The van der Waals surface area contributed by atoms with Crippen LogP contribution in [0.1, 0.15) is 25.1 Å². The molecule has 17 heavy (non-hydrogen) atoms. The largest absolute Gasteiger partial charge is 0.379 e. The Balaban J connectivity index is 1.79. The third-order valence-corrected chi connectivity index (χ3v) is 3.05. The first-order valence-corrected chi connectivity index (χ1v) is 7.09. The van der Waals surface area contributed by atoms with Crippen LogP contribution < -0.4 is 5.32 Å². The van der Waals surface area contributed by atoms with E-state index < -0.39 is 0 Å². The van der Waals surface area contributed by atoms with Crippen LogP contribution in [0.3, 0.4) is 0 Å². The van der Waals surface area contributed by atoms with E-state index in [4.69, 9.17) is 9.47 Å². The third-order valence-electron chi connectivity index (χ3n) is 2.20. The Morgan fingerprint density at radius 1 is 1.29 bits per heavy atom. The van der Waals surface area contributed by atoms with Crippen LogP contribution in [0.25, 0.3) is 0 Å². The minimum absolute atomic E-state index is 0.337. The lowest BCUT2D eigenvalue weighted by molar-refractivity contribution is 0.0762. The molecule has 0 aromatic carbocycles. The second-order valence-electron chi connectivity index (χ2n) is 4.16. The summed E-state index contributed by atoms with van der Waals surface area (Å²) in [6, 6.07) is 4.15. The molecule has 0 bridgehead atoms. The molecule has 0 spiro atoms.